The summed E-state index contributed by atoms with van der Waals surface area (Å²) in [5, 5.41) is 12.7. The Morgan fingerprint density at radius 1 is 1.04 bits per heavy atom. The van der Waals surface area contributed by atoms with E-state index in [1.807, 2.05) is 6.92 Å². The maximum Gasteiger partial charge on any atom is 0.335 e. The van der Waals surface area contributed by atoms with Crippen LogP contribution in [0.1, 0.15) is 34.5 Å². The lowest BCUT2D eigenvalue weighted by Gasteiger charge is -2.06. The molecule has 2 rings (SSSR count). The van der Waals surface area contributed by atoms with Crippen LogP contribution >= 0.6 is 0 Å². The fourth-order valence-corrected chi connectivity index (χ4v) is 2.70. The van der Waals surface area contributed by atoms with E-state index in [0.717, 1.165) is 5.56 Å². The van der Waals surface area contributed by atoms with Gasteiger partial charge >= 0.3 is 5.97 Å². The number of hydrogen-bond donors (Lipinski definition) is 1. The van der Waals surface area contributed by atoms with Crippen molar-refractivity contribution >= 4 is 16.0 Å². The van der Waals surface area contributed by atoms with Gasteiger partial charge in [-0.2, -0.15) is 13.5 Å². The molecular formula is C16H16N2O4S. The minimum atomic E-state index is -3.84. The van der Waals surface area contributed by atoms with Gasteiger partial charge in [0.15, 0.2) is 0 Å². The minimum absolute atomic E-state index is 0.0836. The van der Waals surface area contributed by atoms with Crippen LogP contribution in [0.25, 0.3) is 0 Å². The van der Waals surface area contributed by atoms with Crippen LogP contribution in [-0.4, -0.2) is 19.5 Å². The summed E-state index contributed by atoms with van der Waals surface area (Å²) in [6, 6.07) is 11.9. The summed E-state index contributed by atoms with van der Waals surface area (Å²) in [7, 11) is -3.84. The molecule has 120 valence electrons. The zero-order valence-electron chi connectivity index (χ0n) is 12.7. The maximum absolute atomic E-state index is 12.1. The van der Waals surface area contributed by atoms with Crippen LogP contribution in [0.15, 0.2) is 63.1 Å². The van der Waals surface area contributed by atoms with Crippen molar-refractivity contribution < 1.29 is 18.3 Å². The topological polar surface area (TPSA) is 96.2 Å². The zero-order valence-corrected chi connectivity index (χ0v) is 13.5. The molecule has 0 aliphatic carbocycles. The molecule has 0 spiro atoms. The van der Waals surface area contributed by atoms with Gasteiger partial charge in [0.2, 0.25) is 0 Å². The summed E-state index contributed by atoms with van der Waals surface area (Å²) in [4.78, 5) is 10.9. The Morgan fingerprint density at radius 2 is 1.61 bits per heavy atom. The molecule has 0 aliphatic rings. The average Bonchev–Trinajstić information content (AvgIpc) is 2.53. The van der Waals surface area contributed by atoms with Gasteiger partial charge in [-0.3, -0.25) is 0 Å². The Morgan fingerprint density at radius 3 is 2.13 bits per heavy atom. The first kappa shape index (κ1) is 16.8. The summed E-state index contributed by atoms with van der Waals surface area (Å²) in [6.07, 6.45) is 0. The van der Waals surface area contributed by atoms with E-state index < -0.39 is 22.0 Å². The number of nitrogens with zero attached hydrogens (tertiary/aromatic N) is 2. The lowest BCUT2D eigenvalue weighted by Crippen LogP contribution is -1.99. The second-order valence-electron chi connectivity index (χ2n) is 5.09. The van der Waals surface area contributed by atoms with E-state index in [1.54, 1.807) is 31.2 Å². The molecule has 6 nitrogen and oxygen atoms in total. The molecule has 0 saturated heterocycles. The third-order valence-corrected chi connectivity index (χ3v) is 4.46. The van der Waals surface area contributed by atoms with Gasteiger partial charge in [-0.05, 0) is 43.7 Å². The first-order valence-corrected chi connectivity index (χ1v) is 8.30. The van der Waals surface area contributed by atoms with Crippen molar-refractivity contribution in [3.63, 3.8) is 0 Å². The molecule has 0 aliphatic heterocycles. The van der Waals surface area contributed by atoms with E-state index in [9.17, 15) is 13.2 Å². The quantitative estimate of drug-likeness (QED) is 0.846. The molecule has 1 N–H and O–H groups in total. The number of aryl methyl sites for hydroxylation is 1. The fraction of sp³-hybridized carbons (Fsp3) is 0.188. The molecular weight excluding hydrogens is 316 g/mol. The number of aromatic carboxylic acids is 1. The van der Waals surface area contributed by atoms with Crippen LogP contribution in [0.3, 0.4) is 0 Å². The second-order valence-corrected chi connectivity index (χ2v) is 6.67. The van der Waals surface area contributed by atoms with Crippen LogP contribution in [0, 0.1) is 6.92 Å². The van der Waals surface area contributed by atoms with Gasteiger partial charge in [-0.15, -0.1) is 0 Å². The van der Waals surface area contributed by atoms with E-state index in [2.05, 4.69) is 9.63 Å². The van der Waals surface area contributed by atoms with Crippen LogP contribution in [0.2, 0.25) is 0 Å². The van der Waals surface area contributed by atoms with Crippen molar-refractivity contribution in [1.82, 2.24) is 0 Å². The van der Waals surface area contributed by atoms with E-state index in [0.29, 0.717) is 5.56 Å². The molecule has 1 atom stereocenters. The summed E-state index contributed by atoms with van der Waals surface area (Å²) in [5.41, 5.74) is 1.79. The minimum Gasteiger partial charge on any atom is -0.478 e. The molecule has 0 radical (unpaired) electrons. The zero-order chi connectivity index (χ0) is 17.0. The monoisotopic (exact) mass is 332 g/mol. The Hall–Kier alpha value is -2.54. The van der Waals surface area contributed by atoms with Crippen LogP contribution in [-0.2, 0) is 10.0 Å². The molecule has 0 fully saturated rings. The SMILES string of the molecule is Cc1ccc(S(=O)(=O)N=N[C@@H](C)c2ccc(C(=O)O)cc2)cc1. The van der Waals surface area contributed by atoms with Crippen molar-refractivity contribution in [3.05, 3.63) is 65.2 Å². The molecule has 0 bridgehead atoms. The highest BCUT2D eigenvalue weighted by Gasteiger charge is 2.14. The number of carboxylic acids is 1. The largest absolute Gasteiger partial charge is 0.478 e. The summed E-state index contributed by atoms with van der Waals surface area (Å²) in [5.74, 6) is -1.02. The number of sulfonamides is 1. The summed E-state index contributed by atoms with van der Waals surface area (Å²) >= 11 is 0. The van der Waals surface area contributed by atoms with Gasteiger partial charge in [0, 0.05) is 0 Å². The van der Waals surface area contributed by atoms with Crippen LogP contribution < -0.4 is 0 Å². The van der Waals surface area contributed by atoms with Gasteiger partial charge < -0.3 is 5.11 Å². The number of carbonyl (C=O) groups is 1. The predicted octanol–water partition coefficient (Wildman–Crippen LogP) is 3.60. The van der Waals surface area contributed by atoms with Crippen molar-refractivity contribution in [1.29, 1.82) is 0 Å². The van der Waals surface area contributed by atoms with Gasteiger partial charge in [-0.1, -0.05) is 34.3 Å². The van der Waals surface area contributed by atoms with Crippen LogP contribution in [0.5, 0.6) is 0 Å². The Kier molecular flexibility index (Phi) is 4.90. The second kappa shape index (κ2) is 6.70. The third-order valence-electron chi connectivity index (χ3n) is 3.29. The van der Waals surface area contributed by atoms with E-state index in [4.69, 9.17) is 5.11 Å². The van der Waals surface area contributed by atoms with Crippen molar-refractivity contribution in [2.45, 2.75) is 24.8 Å². The number of rotatable bonds is 5. The van der Waals surface area contributed by atoms with E-state index in [-0.39, 0.29) is 10.5 Å². The lowest BCUT2D eigenvalue weighted by molar-refractivity contribution is 0.0697. The van der Waals surface area contributed by atoms with Gasteiger partial charge in [0.25, 0.3) is 10.0 Å². The Labute approximate surface area is 134 Å². The van der Waals surface area contributed by atoms with Crippen LogP contribution in [0.4, 0.5) is 0 Å². The Balaban J connectivity index is 2.18. The Bertz CT molecular complexity index is 825. The predicted molar refractivity (Wildman–Crippen MR) is 85.0 cm³/mol. The molecule has 0 aromatic heterocycles. The lowest BCUT2D eigenvalue weighted by atomic mass is 10.1. The van der Waals surface area contributed by atoms with Crippen molar-refractivity contribution in [2.24, 2.45) is 9.63 Å². The highest BCUT2D eigenvalue weighted by Crippen LogP contribution is 2.20. The molecule has 7 heteroatoms. The fourth-order valence-electron chi connectivity index (χ4n) is 1.86. The number of carboxylic acid groups (broad SMARTS) is 1. The highest BCUT2D eigenvalue weighted by atomic mass is 32.2. The van der Waals surface area contributed by atoms with Gasteiger partial charge in [-0.25, -0.2) is 4.79 Å². The van der Waals surface area contributed by atoms with Gasteiger partial charge in [0.1, 0.15) is 0 Å². The molecule has 0 amide bonds. The highest BCUT2D eigenvalue weighted by molar-refractivity contribution is 7.90. The summed E-state index contributed by atoms with van der Waals surface area (Å²) in [6.45, 7) is 3.55. The summed E-state index contributed by atoms with van der Waals surface area (Å²) < 4.78 is 27.6. The standard InChI is InChI=1S/C16H16N2O4S/c1-11-3-9-15(10-4-11)23(21,22)18-17-12(2)13-5-7-14(8-6-13)16(19)20/h3-10,12H,1-2H3,(H,19,20)/t12-/m0/s1. The van der Waals surface area contributed by atoms with Crippen molar-refractivity contribution in [2.75, 3.05) is 0 Å². The third kappa shape index (κ3) is 4.23. The average molecular weight is 332 g/mol. The number of hydrogen-bond acceptors (Lipinski definition) is 4. The van der Waals surface area contributed by atoms with Gasteiger partial charge in [0.05, 0.1) is 16.5 Å². The first-order chi connectivity index (χ1) is 10.8. The molecule has 0 unspecified atom stereocenters. The van der Waals surface area contributed by atoms with Crippen molar-refractivity contribution in [3.8, 4) is 0 Å². The molecule has 2 aromatic rings. The first-order valence-electron chi connectivity index (χ1n) is 6.86. The molecule has 0 saturated carbocycles. The van der Waals surface area contributed by atoms with E-state index >= 15 is 0 Å². The molecule has 23 heavy (non-hydrogen) atoms. The van der Waals surface area contributed by atoms with E-state index in [1.165, 1.54) is 24.3 Å². The number of benzene rings is 2. The normalized spacial score (nSPS) is 13.1. The molecule has 2 aromatic carbocycles. The maximum atomic E-state index is 12.1. The smallest absolute Gasteiger partial charge is 0.335 e. The molecule has 0 heterocycles.